The van der Waals surface area contributed by atoms with Gasteiger partial charge in [-0.15, -0.1) is 0 Å². The van der Waals surface area contributed by atoms with Crippen LogP contribution in [0.2, 0.25) is 0 Å². The van der Waals surface area contributed by atoms with Crippen molar-refractivity contribution in [3.8, 4) is 0 Å². The molecular weight excluding hydrogens is 324 g/mol. The first-order valence-corrected chi connectivity index (χ1v) is 10.3. The minimum atomic E-state index is -2.96. The van der Waals surface area contributed by atoms with E-state index in [0.29, 0.717) is 19.0 Å². The Kier molecular flexibility index (Phi) is 6.66. The summed E-state index contributed by atoms with van der Waals surface area (Å²) in [6.07, 6.45) is 4.26. The van der Waals surface area contributed by atoms with Gasteiger partial charge in [0.05, 0.1) is 5.75 Å². The molecule has 0 spiro atoms. The smallest absolute Gasteiger partial charge is 0.191 e. The van der Waals surface area contributed by atoms with Crippen LogP contribution in [-0.4, -0.2) is 50.6 Å². The molecule has 0 aliphatic rings. The quantitative estimate of drug-likeness (QED) is 0.431. The van der Waals surface area contributed by atoms with E-state index in [2.05, 4.69) is 44.6 Å². The molecule has 1 heterocycles. The first-order chi connectivity index (χ1) is 11.5. The van der Waals surface area contributed by atoms with Crippen LogP contribution in [0.5, 0.6) is 0 Å². The van der Waals surface area contributed by atoms with Crippen LogP contribution in [0.25, 0.3) is 10.9 Å². The zero-order valence-corrected chi connectivity index (χ0v) is 15.1. The van der Waals surface area contributed by atoms with E-state index in [9.17, 15) is 8.42 Å². The van der Waals surface area contributed by atoms with Gasteiger partial charge in [0, 0.05) is 44.1 Å². The second kappa shape index (κ2) is 8.73. The van der Waals surface area contributed by atoms with Gasteiger partial charge < -0.3 is 15.2 Å². The highest BCUT2D eigenvalue weighted by atomic mass is 32.2. The summed E-state index contributed by atoms with van der Waals surface area (Å²) in [6, 6.07) is 10.4. The van der Waals surface area contributed by atoms with Gasteiger partial charge >= 0.3 is 0 Å². The lowest BCUT2D eigenvalue weighted by Gasteiger charge is -2.11. The zero-order chi connectivity index (χ0) is 17.4. The molecule has 2 rings (SSSR count). The predicted molar refractivity (Wildman–Crippen MR) is 100 cm³/mol. The average Bonchev–Trinajstić information content (AvgIpc) is 2.93. The highest BCUT2D eigenvalue weighted by Crippen LogP contribution is 2.15. The number of aliphatic imine (C=N–C) groups is 1. The molecule has 1 aromatic carbocycles. The van der Waals surface area contributed by atoms with Gasteiger partial charge in [-0.05, 0) is 30.9 Å². The molecule has 0 unspecified atom stereocenters. The Hall–Kier alpha value is -2.02. The molecule has 0 aliphatic carbocycles. The van der Waals surface area contributed by atoms with Crippen LogP contribution >= 0.6 is 0 Å². The maximum atomic E-state index is 11.2. The van der Waals surface area contributed by atoms with Crippen molar-refractivity contribution in [2.75, 3.05) is 31.6 Å². The molecule has 2 aromatic rings. The van der Waals surface area contributed by atoms with Crippen LogP contribution in [0.15, 0.2) is 41.5 Å². The summed E-state index contributed by atoms with van der Waals surface area (Å²) in [5, 5.41) is 7.43. The first kappa shape index (κ1) is 18.3. The highest BCUT2D eigenvalue weighted by Gasteiger charge is 2.03. The van der Waals surface area contributed by atoms with E-state index in [4.69, 9.17) is 0 Å². The van der Waals surface area contributed by atoms with Crippen molar-refractivity contribution in [3.05, 3.63) is 36.5 Å². The van der Waals surface area contributed by atoms with Crippen molar-refractivity contribution < 1.29 is 8.42 Å². The van der Waals surface area contributed by atoms with Crippen molar-refractivity contribution in [3.63, 3.8) is 0 Å². The first-order valence-electron chi connectivity index (χ1n) is 8.23. The Morgan fingerprint density at radius 1 is 1.21 bits per heavy atom. The third-order valence-corrected chi connectivity index (χ3v) is 4.56. The minimum absolute atomic E-state index is 0.104. The van der Waals surface area contributed by atoms with E-state index in [1.807, 2.05) is 19.1 Å². The lowest BCUT2D eigenvalue weighted by molar-refractivity contribution is 0.600. The Morgan fingerprint density at radius 2 is 2.00 bits per heavy atom. The summed E-state index contributed by atoms with van der Waals surface area (Å²) in [7, 11) is -2.96. The van der Waals surface area contributed by atoms with Gasteiger partial charge in [-0.3, -0.25) is 4.99 Å². The van der Waals surface area contributed by atoms with Crippen LogP contribution in [-0.2, 0) is 16.4 Å². The molecule has 0 radical (unpaired) electrons. The molecule has 24 heavy (non-hydrogen) atoms. The van der Waals surface area contributed by atoms with Crippen molar-refractivity contribution in [2.24, 2.45) is 4.99 Å². The second-order valence-electron chi connectivity index (χ2n) is 5.74. The van der Waals surface area contributed by atoms with E-state index >= 15 is 0 Å². The number of hydrogen-bond donors (Lipinski definition) is 2. The van der Waals surface area contributed by atoms with E-state index in [-0.39, 0.29) is 5.75 Å². The molecule has 1 aromatic heterocycles. The Labute approximate surface area is 143 Å². The van der Waals surface area contributed by atoms with Gasteiger partial charge in [-0.25, -0.2) is 8.42 Å². The fraction of sp³-hybridized carbons (Fsp3) is 0.471. The lowest BCUT2D eigenvalue weighted by Crippen LogP contribution is -2.39. The van der Waals surface area contributed by atoms with Crippen LogP contribution < -0.4 is 10.6 Å². The SMILES string of the molecule is CCNC(=NCCCn1ccc2ccccc21)NCCS(C)(=O)=O. The minimum Gasteiger partial charge on any atom is -0.357 e. The van der Waals surface area contributed by atoms with E-state index < -0.39 is 9.84 Å². The number of nitrogens with zero attached hydrogens (tertiary/aromatic N) is 2. The van der Waals surface area contributed by atoms with Gasteiger partial charge in [0.15, 0.2) is 5.96 Å². The maximum absolute atomic E-state index is 11.2. The van der Waals surface area contributed by atoms with E-state index in [0.717, 1.165) is 19.5 Å². The molecule has 0 saturated heterocycles. The van der Waals surface area contributed by atoms with Crippen molar-refractivity contribution in [1.82, 2.24) is 15.2 Å². The van der Waals surface area contributed by atoms with Crippen molar-refractivity contribution in [1.29, 1.82) is 0 Å². The number of aryl methyl sites for hydroxylation is 1. The summed E-state index contributed by atoms with van der Waals surface area (Å²) < 4.78 is 24.6. The van der Waals surface area contributed by atoms with Crippen LogP contribution in [0, 0.1) is 0 Å². The van der Waals surface area contributed by atoms with Gasteiger partial charge in [-0.2, -0.15) is 0 Å². The molecule has 132 valence electrons. The Morgan fingerprint density at radius 3 is 2.75 bits per heavy atom. The summed E-state index contributed by atoms with van der Waals surface area (Å²) in [5.74, 6) is 0.769. The summed E-state index contributed by atoms with van der Waals surface area (Å²) in [4.78, 5) is 4.50. The highest BCUT2D eigenvalue weighted by molar-refractivity contribution is 7.90. The predicted octanol–water partition coefficient (Wildman–Crippen LogP) is 1.63. The lowest BCUT2D eigenvalue weighted by atomic mass is 10.2. The average molecular weight is 350 g/mol. The summed E-state index contributed by atoms with van der Waals surface area (Å²) in [6.45, 7) is 4.68. The number of aromatic nitrogens is 1. The van der Waals surface area contributed by atoms with E-state index in [1.54, 1.807) is 0 Å². The number of para-hydroxylation sites is 1. The van der Waals surface area contributed by atoms with Crippen molar-refractivity contribution >= 4 is 26.7 Å². The fourth-order valence-electron chi connectivity index (χ4n) is 2.46. The molecule has 6 nitrogen and oxygen atoms in total. The van der Waals surface area contributed by atoms with Gasteiger partial charge in [-0.1, -0.05) is 18.2 Å². The number of fused-ring (bicyclic) bond motifs is 1. The molecule has 0 atom stereocenters. The maximum Gasteiger partial charge on any atom is 0.191 e. The molecule has 0 aliphatic heterocycles. The van der Waals surface area contributed by atoms with Gasteiger partial charge in [0.25, 0.3) is 0 Å². The number of benzene rings is 1. The number of nitrogens with one attached hydrogen (secondary N) is 2. The number of guanidine groups is 1. The molecule has 0 amide bonds. The number of hydrogen-bond acceptors (Lipinski definition) is 3. The number of sulfone groups is 1. The Bertz CT molecular complexity index is 781. The second-order valence-corrected chi connectivity index (χ2v) is 8.00. The molecule has 0 bridgehead atoms. The molecular formula is C17H26N4O2S. The zero-order valence-electron chi connectivity index (χ0n) is 14.3. The summed E-state index contributed by atoms with van der Waals surface area (Å²) >= 11 is 0. The van der Waals surface area contributed by atoms with Crippen LogP contribution in [0.1, 0.15) is 13.3 Å². The largest absolute Gasteiger partial charge is 0.357 e. The monoisotopic (exact) mass is 350 g/mol. The Balaban J connectivity index is 1.83. The van der Waals surface area contributed by atoms with Crippen LogP contribution in [0.3, 0.4) is 0 Å². The molecule has 0 fully saturated rings. The van der Waals surface area contributed by atoms with Crippen LogP contribution in [0.4, 0.5) is 0 Å². The summed E-state index contributed by atoms with van der Waals surface area (Å²) in [5.41, 5.74) is 1.24. The van der Waals surface area contributed by atoms with E-state index in [1.165, 1.54) is 17.2 Å². The standard InChI is InChI=1S/C17H26N4O2S/c1-3-18-17(20-11-14-24(2,22)23)19-10-6-12-21-13-9-15-7-4-5-8-16(15)21/h4-5,7-9,13H,3,6,10-12,14H2,1-2H3,(H2,18,19,20). The topological polar surface area (TPSA) is 75.5 Å². The third kappa shape index (κ3) is 5.88. The number of rotatable bonds is 8. The van der Waals surface area contributed by atoms with Gasteiger partial charge in [0.2, 0.25) is 0 Å². The fourth-order valence-corrected chi connectivity index (χ4v) is 2.94. The van der Waals surface area contributed by atoms with Gasteiger partial charge in [0.1, 0.15) is 9.84 Å². The molecule has 0 saturated carbocycles. The third-order valence-electron chi connectivity index (χ3n) is 3.62. The molecule has 2 N–H and O–H groups in total. The normalized spacial score (nSPS) is 12.5. The molecule has 7 heteroatoms. The van der Waals surface area contributed by atoms with Crippen molar-refractivity contribution in [2.45, 2.75) is 19.9 Å².